The molecule has 75 heavy (non-hydrogen) atoms. The molecular weight excluding hydrogens is 1050 g/mol. The number of carbonyl (C=O) groups excluding carboxylic acids is 6. The van der Waals surface area contributed by atoms with E-state index in [9.17, 15) is 64.9 Å². The topological polar surface area (TPSA) is 313 Å². The molecule has 23 heteroatoms. The fourth-order valence-electron chi connectivity index (χ4n) is 7.59. The maximum Gasteiger partial charge on any atom is 2.00 e. The first kappa shape index (κ1) is 72.3. The van der Waals surface area contributed by atoms with Gasteiger partial charge in [0.25, 0.3) is 0 Å². The summed E-state index contributed by atoms with van der Waals surface area (Å²) >= 11 is 0. The van der Waals surface area contributed by atoms with E-state index in [2.05, 4.69) is 38.2 Å². The molecule has 2 heterocycles. The molecular formula is C52H86CaO20S2. The van der Waals surface area contributed by atoms with Crippen LogP contribution in [0.5, 0.6) is 0 Å². The number of cyclic esters (lactones) is 4. The van der Waals surface area contributed by atoms with Crippen LogP contribution in [-0.4, -0.2) is 173 Å². The van der Waals surface area contributed by atoms with Gasteiger partial charge in [0.1, 0.15) is 59.9 Å². The molecule has 0 amide bonds. The molecule has 4 unspecified atom stereocenters. The van der Waals surface area contributed by atoms with Crippen molar-refractivity contribution in [1.82, 2.24) is 0 Å². The Bertz CT molecular complexity index is 1790. The average molecular weight is 1140 g/mol. The maximum atomic E-state index is 12.1. The van der Waals surface area contributed by atoms with Crippen molar-refractivity contribution < 1.29 is 93.3 Å². The Kier molecular flexibility index (Phi) is 40.8. The van der Waals surface area contributed by atoms with Crippen LogP contribution in [0.25, 0.3) is 0 Å². The van der Waals surface area contributed by atoms with Crippen molar-refractivity contribution in [2.75, 3.05) is 52.9 Å². The number of aliphatic hydroxyl groups is 2. The Morgan fingerprint density at radius 1 is 0.507 bits per heavy atom. The van der Waals surface area contributed by atoms with Crippen molar-refractivity contribution in [2.45, 2.75) is 204 Å². The van der Waals surface area contributed by atoms with Crippen LogP contribution < -0.4 is 0 Å². The number of aliphatic hydroxyl groups excluding tert-OH is 2. The molecule has 2 aliphatic heterocycles. The third kappa shape index (κ3) is 34.7. The minimum absolute atomic E-state index is 0. The van der Waals surface area contributed by atoms with Crippen LogP contribution in [0.15, 0.2) is 24.3 Å². The van der Waals surface area contributed by atoms with Crippen LogP contribution in [0.2, 0.25) is 0 Å². The van der Waals surface area contributed by atoms with E-state index in [1.165, 1.54) is 64.2 Å². The van der Waals surface area contributed by atoms with Crippen LogP contribution in [0.4, 0.5) is 0 Å². The number of esters is 6. The van der Waals surface area contributed by atoms with Gasteiger partial charge in [-0.3, -0.25) is 28.8 Å². The Morgan fingerprint density at radius 3 is 1.08 bits per heavy atom. The van der Waals surface area contributed by atoms with Gasteiger partial charge in [0.15, 0.2) is 10.5 Å². The van der Waals surface area contributed by atoms with Gasteiger partial charge >= 0.3 is 73.6 Å². The number of unbranched alkanes of at least 4 members (excludes halogenated alkanes) is 20. The van der Waals surface area contributed by atoms with E-state index in [-0.39, 0.29) is 50.6 Å². The largest absolute Gasteiger partial charge is 2.00 e. The van der Waals surface area contributed by atoms with E-state index in [1.54, 1.807) is 0 Å². The molecule has 0 aromatic heterocycles. The van der Waals surface area contributed by atoms with E-state index in [0.29, 0.717) is 12.8 Å². The van der Waals surface area contributed by atoms with E-state index in [1.807, 2.05) is 0 Å². The zero-order chi connectivity index (χ0) is 55.1. The molecule has 428 valence electrons. The second-order valence-corrected chi connectivity index (χ2v) is 22.6. The Morgan fingerprint density at radius 2 is 0.787 bits per heavy atom. The van der Waals surface area contributed by atoms with Crippen LogP contribution in [-0.2, 0) is 77.4 Å². The van der Waals surface area contributed by atoms with Crippen molar-refractivity contribution >= 4 is 93.8 Å². The second kappa shape index (κ2) is 42.3. The molecule has 0 radical (unpaired) electrons. The number of hydrogen-bond donors (Lipinski definition) is 2. The summed E-state index contributed by atoms with van der Waals surface area (Å²) in [7, 11) is -10.3. The first-order valence-corrected chi connectivity index (χ1v) is 29.6. The van der Waals surface area contributed by atoms with Crippen molar-refractivity contribution in [3.63, 3.8) is 0 Å². The predicted octanol–water partition coefficient (Wildman–Crippen LogP) is 6.74. The van der Waals surface area contributed by atoms with E-state index >= 15 is 0 Å². The van der Waals surface area contributed by atoms with Crippen molar-refractivity contribution in [2.24, 2.45) is 10.8 Å². The zero-order valence-electron chi connectivity index (χ0n) is 44.7. The quantitative estimate of drug-likeness (QED) is 0.0164. The maximum absolute atomic E-state index is 12.1. The molecule has 0 aromatic carbocycles. The summed E-state index contributed by atoms with van der Waals surface area (Å²) in [5, 5.41) is 15.2. The predicted molar refractivity (Wildman–Crippen MR) is 276 cm³/mol. The first-order chi connectivity index (χ1) is 35.3. The Labute approximate surface area is 476 Å². The summed E-state index contributed by atoms with van der Waals surface area (Å²) in [5.74, 6) is -6.04. The van der Waals surface area contributed by atoms with Gasteiger partial charge in [-0.05, 0) is 64.2 Å². The third-order valence-corrected chi connectivity index (χ3v) is 14.7. The van der Waals surface area contributed by atoms with Gasteiger partial charge in [-0.2, -0.15) is 0 Å². The number of rotatable bonds is 36. The van der Waals surface area contributed by atoms with Crippen molar-refractivity contribution in [3.8, 4) is 0 Å². The molecule has 2 fully saturated rings. The molecule has 4 atom stereocenters. The van der Waals surface area contributed by atoms with Gasteiger partial charge in [0.2, 0.25) is 0 Å². The standard InChI is InChI=1S/2C26H44O10S.Ca/c2*1-2-3-4-5-6-7-8-9-10-11-12-13-14-15-16-23(28)34-19-26(18-27)20-35-24(29)17-22(37(31,32)33)25(30)36-21-26;/h2*8-9,22,27H,2-7,10-21H2,1H3,(H,31,32,33);/q;;+2/p-2/b2*9-8-;. The van der Waals surface area contributed by atoms with E-state index in [0.717, 1.165) is 77.0 Å². The summed E-state index contributed by atoms with van der Waals surface area (Å²) in [6.07, 6.45) is 34.2. The third-order valence-electron chi connectivity index (χ3n) is 12.6. The van der Waals surface area contributed by atoms with Gasteiger partial charge in [0, 0.05) is 12.8 Å². The van der Waals surface area contributed by atoms with Crippen molar-refractivity contribution in [1.29, 1.82) is 0 Å². The minimum atomic E-state index is -5.14. The zero-order valence-corrected chi connectivity index (χ0v) is 48.5. The number of allylic oxidation sites excluding steroid dienone is 4. The molecule has 2 N–H and O–H groups in total. The fourth-order valence-corrected chi connectivity index (χ4v) is 8.88. The molecule has 20 nitrogen and oxygen atoms in total. The summed E-state index contributed by atoms with van der Waals surface area (Å²) in [6, 6.07) is 0. The molecule has 2 saturated heterocycles. The van der Waals surface area contributed by atoms with Gasteiger partial charge in [-0.1, -0.05) is 128 Å². The smallest absolute Gasteiger partial charge is 0.747 e. The molecule has 0 aliphatic carbocycles. The molecule has 2 aliphatic rings. The van der Waals surface area contributed by atoms with Gasteiger partial charge in [0.05, 0.1) is 36.9 Å². The number of hydrogen-bond acceptors (Lipinski definition) is 20. The summed E-state index contributed by atoms with van der Waals surface area (Å²) in [6.45, 7) is 0.203. The first-order valence-electron chi connectivity index (χ1n) is 26.6. The van der Waals surface area contributed by atoms with E-state index in [4.69, 9.17) is 28.4 Å². The van der Waals surface area contributed by atoms with Gasteiger partial charge in [-0.15, -0.1) is 0 Å². The Hall–Kier alpha value is -2.70. The van der Waals surface area contributed by atoms with Gasteiger partial charge < -0.3 is 47.7 Å². The average Bonchev–Trinajstić information content (AvgIpc) is 3.47. The fraction of sp³-hybridized carbons (Fsp3) is 0.808. The van der Waals surface area contributed by atoms with E-state index < -0.39 is 143 Å². The second-order valence-electron chi connectivity index (χ2n) is 19.5. The summed E-state index contributed by atoms with van der Waals surface area (Å²) in [5.41, 5.74) is -2.91. The number of carbonyl (C=O) groups is 6. The summed E-state index contributed by atoms with van der Waals surface area (Å²) in [4.78, 5) is 72.0. The summed E-state index contributed by atoms with van der Waals surface area (Å²) < 4.78 is 97.6. The normalized spacial score (nSPS) is 20.8. The van der Waals surface area contributed by atoms with Crippen LogP contribution in [0, 0.1) is 10.8 Å². The Balaban J connectivity index is 0.00000144. The molecule has 0 spiro atoms. The molecule has 0 bridgehead atoms. The van der Waals surface area contributed by atoms with Crippen LogP contribution in [0.3, 0.4) is 0 Å². The van der Waals surface area contributed by atoms with Crippen LogP contribution >= 0.6 is 0 Å². The SMILES string of the molecule is CCCCCCC/C=C\CCCCCCCC(=O)OCC1(CO)COC(=O)CC(S(=O)(=O)[O-])C(=O)OC1.CCCCCCC/C=C\CCCCCCCC(=O)OCC1(CO)COC(=O)CC(S(=O)(=O)[O-])C(=O)OC1.[Ca+2]. The van der Waals surface area contributed by atoms with Crippen LogP contribution in [0.1, 0.15) is 194 Å². The monoisotopic (exact) mass is 1130 g/mol. The van der Waals surface area contributed by atoms with Crippen molar-refractivity contribution in [3.05, 3.63) is 24.3 Å². The molecule has 0 aromatic rings. The number of ether oxygens (including phenoxy) is 6. The molecule has 2 rings (SSSR count). The minimum Gasteiger partial charge on any atom is -0.747 e. The molecule has 0 saturated carbocycles. The van der Waals surface area contributed by atoms with Gasteiger partial charge in [-0.25, -0.2) is 16.8 Å².